The molecule has 108 valence electrons. The Kier molecular flexibility index (Phi) is 4.33. The number of hydrogen-bond acceptors (Lipinski definition) is 3. The van der Waals surface area contributed by atoms with Gasteiger partial charge in [-0.25, -0.2) is 9.18 Å². The van der Waals surface area contributed by atoms with E-state index in [4.69, 9.17) is 0 Å². The number of hydrogen-bond donors (Lipinski definition) is 1. The van der Waals surface area contributed by atoms with E-state index in [1.165, 1.54) is 31.4 Å². The highest BCUT2D eigenvalue weighted by atomic mass is 19.1. The third kappa shape index (κ3) is 3.45. The molecular formula is C16H14FNO3. The summed E-state index contributed by atoms with van der Waals surface area (Å²) in [6.07, 6.45) is 0. The molecule has 0 radical (unpaired) electrons. The average molecular weight is 287 g/mol. The van der Waals surface area contributed by atoms with E-state index in [0.717, 1.165) is 11.6 Å². The Morgan fingerprint density at radius 3 is 2.52 bits per heavy atom. The first-order valence-corrected chi connectivity index (χ1v) is 6.27. The molecule has 0 atom stereocenters. The number of carbonyl (C=O) groups is 2. The maximum absolute atomic E-state index is 13.1. The van der Waals surface area contributed by atoms with Gasteiger partial charge in [0.15, 0.2) is 0 Å². The summed E-state index contributed by atoms with van der Waals surface area (Å²) in [7, 11) is 1.28. The molecule has 2 rings (SSSR count). The van der Waals surface area contributed by atoms with Gasteiger partial charge in [0.1, 0.15) is 5.82 Å². The summed E-state index contributed by atoms with van der Waals surface area (Å²) in [6.45, 7) is 1.79. The fraction of sp³-hybridized carbons (Fsp3) is 0.125. The Morgan fingerprint density at radius 2 is 1.86 bits per heavy atom. The van der Waals surface area contributed by atoms with Crippen LogP contribution >= 0.6 is 0 Å². The van der Waals surface area contributed by atoms with Crippen LogP contribution in [0.2, 0.25) is 0 Å². The molecular weight excluding hydrogens is 273 g/mol. The number of nitrogens with one attached hydrogen (secondary N) is 1. The van der Waals surface area contributed by atoms with Crippen LogP contribution in [0, 0.1) is 12.7 Å². The Balaban J connectivity index is 2.26. The van der Waals surface area contributed by atoms with Gasteiger partial charge in [0.25, 0.3) is 5.91 Å². The van der Waals surface area contributed by atoms with Gasteiger partial charge in [-0.05, 0) is 42.8 Å². The van der Waals surface area contributed by atoms with Crippen molar-refractivity contribution in [2.75, 3.05) is 12.4 Å². The number of ether oxygens (including phenoxy) is 1. The van der Waals surface area contributed by atoms with Gasteiger partial charge in [-0.2, -0.15) is 0 Å². The molecule has 0 heterocycles. The molecule has 0 saturated carbocycles. The Bertz CT molecular complexity index is 698. The lowest BCUT2D eigenvalue weighted by Gasteiger charge is -2.10. The monoisotopic (exact) mass is 287 g/mol. The fourth-order valence-electron chi connectivity index (χ4n) is 1.83. The lowest BCUT2D eigenvalue weighted by Crippen LogP contribution is -2.14. The van der Waals surface area contributed by atoms with Gasteiger partial charge in [-0.1, -0.05) is 12.1 Å². The summed E-state index contributed by atoms with van der Waals surface area (Å²) in [5, 5.41) is 2.66. The first-order valence-electron chi connectivity index (χ1n) is 6.27. The Labute approximate surface area is 121 Å². The predicted octanol–water partition coefficient (Wildman–Crippen LogP) is 3.17. The lowest BCUT2D eigenvalue weighted by molar-refractivity contribution is 0.0600. The molecule has 1 N–H and O–H groups in total. The minimum Gasteiger partial charge on any atom is -0.465 e. The summed E-state index contributed by atoms with van der Waals surface area (Å²) in [4.78, 5) is 23.6. The highest BCUT2D eigenvalue weighted by Crippen LogP contribution is 2.18. The van der Waals surface area contributed by atoms with Crippen molar-refractivity contribution >= 4 is 17.6 Å². The summed E-state index contributed by atoms with van der Waals surface area (Å²) in [5.74, 6) is -1.42. The highest BCUT2D eigenvalue weighted by Gasteiger charge is 2.12. The van der Waals surface area contributed by atoms with Crippen LogP contribution in [0.5, 0.6) is 0 Å². The maximum atomic E-state index is 13.1. The number of rotatable bonds is 3. The van der Waals surface area contributed by atoms with E-state index in [1.54, 1.807) is 19.1 Å². The molecule has 0 bridgehead atoms. The normalized spacial score (nSPS) is 10.0. The molecule has 0 fully saturated rings. The lowest BCUT2D eigenvalue weighted by atomic mass is 10.1. The van der Waals surface area contributed by atoms with Gasteiger partial charge >= 0.3 is 5.97 Å². The summed E-state index contributed by atoms with van der Waals surface area (Å²) >= 11 is 0. The molecule has 0 aliphatic heterocycles. The van der Waals surface area contributed by atoms with Crippen molar-refractivity contribution in [2.45, 2.75) is 6.92 Å². The predicted molar refractivity (Wildman–Crippen MR) is 76.9 cm³/mol. The van der Waals surface area contributed by atoms with Crippen molar-refractivity contribution in [3.05, 3.63) is 65.0 Å². The maximum Gasteiger partial charge on any atom is 0.337 e. The second-order valence-electron chi connectivity index (χ2n) is 4.49. The van der Waals surface area contributed by atoms with Crippen molar-refractivity contribution in [2.24, 2.45) is 0 Å². The van der Waals surface area contributed by atoms with Crippen LogP contribution in [0.25, 0.3) is 0 Å². The number of esters is 1. The van der Waals surface area contributed by atoms with Gasteiger partial charge in [0, 0.05) is 11.3 Å². The number of benzene rings is 2. The van der Waals surface area contributed by atoms with Crippen LogP contribution in [0.4, 0.5) is 10.1 Å². The molecule has 0 spiro atoms. The largest absolute Gasteiger partial charge is 0.465 e. The Hall–Kier alpha value is -2.69. The Morgan fingerprint density at radius 1 is 1.10 bits per heavy atom. The van der Waals surface area contributed by atoms with Gasteiger partial charge in [0.2, 0.25) is 0 Å². The van der Waals surface area contributed by atoms with Gasteiger partial charge in [0.05, 0.1) is 12.7 Å². The molecule has 0 aliphatic carbocycles. The van der Waals surface area contributed by atoms with Gasteiger partial charge in [-0.15, -0.1) is 0 Å². The first kappa shape index (κ1) is 14.7. The number of carbonyl (C=O) groups excluding carboxylic acids is 2. The average Bonchev–Trinajstić information content (AvgIpc) is 2.48. The molecule has 2 aromatic rings. The van der Waals surface area contributed by atoms with E-state index in [2.05, 4.69) is 10.1 Å². The van der Waals surface area contributed by atoms with E-state index in [1.807, 2.05) is 0 Å². The van der Waals surface area contributed by atoms with E-state index in [-0.39, 0.29) is 5.56 Å². The second kappa shape index (κ2) is 6.17. The van der Waals surface area contributed by atoms with Crippen LogP contribution < -0.4 is 5.32 Å². The topological polar surface area (TPSA) is 55.4 Å². The van der Waals surface area contributed by atoms with Crippen molar-refractivity contribution in [3.63, 3.8) is 0 Å². The fourth-order valence-corrected chi connectivity index (χ4v) is 1.83. The number of aryl methyl sites for hydroxylation is 1. The third-order valence-corrected chi connectivity index (χ3v) is 2.99. The zero-order valence-electron chi connectivity index (χ0n) is 11.6. The summed E-state index contributed by atoms with van der Waals surface area (Å²) in [6, 6.07) is 10.2. The van der Waals surface area contributed by atoms with Crippen molar-refractivity contribution in [1.29, 1.82) is 0 Å². The number of halogens is 1. The molecule has 21 heavy (non-hydrogen) atoms. The van der Waals surface area contributed by atoms with Crippen molar-refractivity contribution < 1.29 is 18.7 Å². The third-order valence-electron chi connectivity index (χ3n) is 2.99. The van der Waals surface area contributed by atoms with Crippen LogP contribution in [-0.2, 0) is 4.74 Å². The van der Waals surface area contributed by atoms with E-state index >= 15 is 0 Å². The quantitative estimate of drug-likeness (QED) is 0.882. The van der Waals surface area contributed by atoms with Crippen molar-refractivity contribution in [3.8, 4) is 0 Å². The highest BCUT2D eigenvalue weighted by molar-refractivity contribution is 6.05. The molecule has 4 nitrogen and oxygen atoms in total. The van der Waals surface area contributed by atoms with Crippen molar-refractivity contribution in [1.82, 2.24) is 0 Å². The molecule has 1 amide bonds. The molecule has 5 heteroatoms. The molecule has 0 aromatic heterocycles. The number of methoxy groups -OCH3 is 1. The number of amides is 1. The minimum atomic E-state index is -0.490. The molecule has 0 saturated heterocycles. The van der Waals surface area contributed by atoms with Crippen LogP contribution in [-0.4, -0.2) is 19.0 Å². The summed E-state index contributed by atoms with van der Waals surface area (Å²) < 4.78 is 17.8. The summed E-state index contributed by atoms with van der Waals surface area (Å²) in [5.41, 5.74) is 1.80. The van der Waals surface area contributed by atoms with Crippen LogP contribution in [0.1, 0.15) is 26.3 Å². The first-order chi connectivity index (χ1) is 10.0. The van der Waals surface area contributed by atoms with Crippen LogP contribution in [0.3, 0.4) is 0 Å². The van der Waals surface area contributed by atoms with Gasteiger partial charge < -0.3 is 10.1 Å². The van der Waals surface area contributed by atoms with Crippen LogP contribution in [0.15, 0.2) is 42.5 Å². The smallest absolute Gasteiger partial charge is 0.337 e. The zero-order valence-corrected chi connectivity index (χ0v) is 11.6. The standard InChI is InChI=1S/C16H14FNO3/c1-10-6-7-12(16(20)21-2)9-14(10)18-15(19)11-4-3-5-13(17)8-11/h3-9H,1-2H3,(H,18,19). The minimum absolute atomic E-state index is 0.206. The van der Waals surface area contributed by atoms with E-state index < -0.39 is 17.7 Å². The SMILES string of the molecule is COC(=O)c1ccc(C)c(NC(=O)c2cccc(F)c2)c1. The van der Waals surface area contributed by atoms with Gasteiger partial charge in [-0.3, -0.25) is 4.79 Å². The van der Waals surface area contributed by atoms with E-state index in [9.17, 15) is 14.0 Å². The molecule has 0 unspecified atom stereocenters. The zero-order chi connectivity index (χ0) is 15.4. The molecule has 0 aliphatic rings. The molecule has 2 aromatic carbocycles. The second-order valence-corrected chi connectivity index (χ2v) is 4.49. The number of anilines is 1. The van der Waals surface area contributed by atoms with E-state index in [0.29, 0.717) is 11.3 Å².